The Morgan fingerprint density at radius 3 is 2.96 bits per heavy atom. The normalized spacial score (nSPS) is 24.8. The van der Waals surface area contributed by atoms with E-state index in [1.807, 2.05) is 24.4 Å². The van der Waals surface area contributed by atoms with Crippen LogP contribution in [-0.2, 0) is 16.0 Å². The van der Waals surface area contributed by atoms with Gasteiger partial charge < -0.3 is 14.5 Å². The van der Waals surface area contributed by atoms with Crippen LogP contribution in [0.2, 0.25) is 0 Å². The summed E-state index contributed by atoms with van der Waals surface area (Å²) in [5.41, 5.74) is 1.36. The number of pyridine rings is 1. The lowest BCUT2D eigenvalue weighted by Gasteiger charge is -2.48. The fraction of sp³-hybridized carbons (Fsp3) is 0.700. The molecule has 1 spiro atoms. The van der Waals surface area contributed by atoms with Crippen molar-refractivity contribution in [3.8, 4) is 0 Å². The second-order valence-electron chi connectivity index (χ2n) is 7.61. The van der Waals surface area contributed by atoms with Crippen LogP contribution in [0.1, 0.15) is 37.8 Å². The van der Waals surface area contributed by atoms with Crippen molar-refractivity contribution in [2.75, 3.05) is 46.4 Å². The Morgan fingerprint density at radius 1 is 1.24 bits per heavy atom. The van der Waals surface area contributed by atoms with Crippen molar-refractivity contribution in [2.24, 2.45) is 5.41 Å². The quantitative estimate of drug-likeness (QED) is 0.712. The highest BCUT2D eigenvalue weighted by Crippen LogP contribution is 2.38. The number of carbonyl (C=O) groups is 1. The van der Waals surface area contributed by atoms with E-state index in [0.717, 1.165) is 57.7 Å². The van der Waals surface area contributed by atoms with Crippen LogP contribution in [0.4, 0.5) is 0 Å². The van der Waals surface area contributed by atoms with Gasteiger partial charge in [-0.05, 0) is 44.4 Å². The molecule has 0 bridgehead atoms. The maximum absolute atomic E-state index is 12.4. The Labute approximate surface area is 151 Å². The van der Waals surface area contributed by atoms with E-state index in [4.69, 9.17) is 4.74 Å². The number of rotatable bonds is 7. The van der Waals surface area contributed by atoms with Gasteiger partial charge >= 0.3 is 0 Å². The van der Waals surface area contributed by atoms with Crippen molar-refractivity contribution in [2.45, 2.75) is 38.5 Å². The minimum absolute atomic E-state index is 0.295. The van der Waals surface area contributed by atoms with E-state index in [1.165, 1.54) is 19.4 Å². The Morgan fingerprint density at radius 2 is 2.16 bits per heavy atom. The number of hydrogen-bond donors (Lipinski definition) is 0. The third-order valence-electron chi connectivity index (χ3n) is 5.68. The molecule has 0 N–H and O–H groups in total. The van der Waals surface area contributed by atoms with E-state index in [1.54, 1.807) is 7.11 Å². The summed E-state index contributed by atoms with van der Waals surface area (Å²) in [6, 6.07) is 5.99. The van der Waals surface area contributed by atoms with Crippen molar-refractivity contribution in [3.05, 3.63) is 30.1 Å². The number of hydrogen-bond acceptors (Lipinski definition) is 4. The molecule has 138 valence electrons. The number of amides is 1. The molecule has 1 aromatic rings. The molecular formula is C20H31N3O2. The van der Waals surface area contributed by atoms with Crippen LogP contribution >= 0.6 is 0 Å². The van der Waals surface area contributed by atoms with Crippen molar-refractivity contribution in [1.29, 1.82) is 0 Å². The SMILES string of the molecule is COCCCN1CCCC2(CCC(=O)N(CCc3ccccn3)C2)C1. The smallest absolute Gasteiger partial charge is 0.222 e. The maximum atomic E-state index is 12.4. The van der Waals surface area contributed by atoms with Gasteiger partial charge in [0.15, 0.2) is 0 Å². The van der Waals surface area contributed by atoms with Crippen LogP contribution in [0.5, 0.6) is 0 Å². The molecule has 0 saturated carbocycles. The lowest BCUT2D eigenvalue weighted by Crippen LogP contribution is -2.54. The predicted octanol–water partition coefficient (Wildman–Crippen LogP) is 2.37. The van der Waals surface area contributed by atoms with Gasteiger partial charge in [-0.15, -0.1) is 0 Å². The van der Waals surface area contributed by atoms with E-state index in [2.05, 4.69) is 14.8 Å². The van der Waals surface area contributed by atoms with Crippen LogP contribution in [0.15, 0.2) is 24.4 Å². The van der Waals surface area contributed by atoms with Crippen molar-refractivity contribution >= 4 is 5.91 Å². The first-order chi connectivity index (χ1) is 12.2. The molecule has 2 aliphatic rings. The Kier molecular flexibility index (Phi) is 6.43. The third kappa shape index (κ3) is 5.02. The second kappa shape index (κ2) is 8.77. The molecule has 3 rings (SSSR count). The Hall–Kier alpha value is -1.46. The molecule has 0 aliphatic carbocycles. The molecule has 25 heavy (non-hydrogen) atoms. The summed E-state index contributed by atoms with van der Waals surface area (Å²) < 4.78 is 5.19. The Balaban J connectivity index is 1.56. The number of aromatic nitrogens is 1. The molecule has 1 amide bonds. The number of ether oxygens (including phenoxy) is 1. The van der Waals surface area contributed by atoms with Crippen LogP contribution in [0.3, 0.4) is 0 Å². The zero-order chi connectivity index (χ0) is 17.5. The number of carbonyl (C=O) groups excluding carboxylic acids is 1. The summed E-state index contributed by atoms with van der Waals surface area (Å²) in [6.07, 6.45) is 8.01. The highest BCUT2D eigenvalue weighted by molar-refractivity contribution is 5.77. The van der Waals surface area contributed by atoms with Crippen LogP contribution in [0.25, 0.3) is 0 Å². The monoisotopic (exact) mass is 345 g/mol. The van der Waals surface area contributed by atoms with Gasteiger partial charge in [0, 0.05) is 70.0 Å². The van der Waals surface area contributed by atoms with Crippen LogP contribution in [0, 0.1) is 5.41 Å². The predicted molar refractivity (Wildman–Crippen MR) is 98.4 cm³/mol. The fourth-order valence-corrected chi connectivity index (χ4v) is 4.37. The zero-order valence-corrected chi connectivity index (χ0v) is 15.5. The molecule has 1 atom stereocenters. The molecule has 1 aromatic heterocycles. The number of piperidine rings is 2. The molecule has 5 nitrogen and oxygen atoms in total. The summed E-state index contributed by atoms with van der Waals surface area (Å²) >= 11 is 0. The molecule has 2 fully saturated rings. The summed E-state index contributed by atoms with van der Waals surface area (Å²) in [7, 11) is 1.77. The summed E-state index contributed by atoms with van der Waals surface area (Å²) in [5.74, 6) is 0.318. The first-order valence-electron chi connectivity index (χ1n) is 9.60. The highest BCUT2D eigenvalue weighted by atomic mass is 16.5. The number of likely N-dealkylation sites (tertiary alicyclic amines) is 2. The Bertz CT molecular complexity index is 551. The third-order valence-corrected chi connectivity index (χ3v) is 5.68. The molecule has 5 heteroatoms. The average Bonchev–Trinajstić information content (AvgIpc) is 2.64. The molecule has 2 saturated heterocycles. The molecular weight excluding hydrogens is 314 g/mol. The summed E-state index contributed by atoms with van der Waals surface area (Å²) in [5, 5.41) is 0. The largest absolute Gasteiger partial charge is 0.385 e. The molecule has 0 radical (unpaired) electrons. The maximum Gasteiger partial charge on any atom is 0.222 e. The van der Waals surface area contributed by atoms with E-state index < -0.39 is 0 Å². The van der Waals surface area contributed by atoms with E-state index in [9.17, 15) is 4.79 Å². The van der Waals surface area contributed by atoms with Gasteiger partial charge in [0.2, 0.25) is 5.91 Å². The molecule has 2 aliphatic heterocycles. The van der Waals surface area contributed by atoms with Gasteiger partial charge in [0.05, 0.1) is 0 Å². The van der Waals surface area contributed by atoms with Gasteiger partial charge in [-0.25, -0.2) is 0 Å². The van der Waals surface area contributed by atoms with E-state index in [0.29, 0.717) is 17.7 Å². The summed E-state index contributed by atoms with van der Waals surface area (Å²) in [6.45, 7) is 5.97. The van der Waals surface area contributed by atoms with Gasteiger partial charge in [-0.2, -0.15) is 0 Å². The topological polar surface area (TPSA) is 45.7 Å². The van der Waals surface area contributed by atoms with Gasteiger partial charge in [-0.3, -0.25) is 9.78 Å². The van der Waals surface area contributed by atoms with Crippen molar-refractivity contribution < 1.29 is 9.53 Å². The molecule has 0 aromatic carbocycles. The van der Waals surface area contributed by atoms with Crippen molar-refractivity contribution in [1.82, 2.24) is 14.8 Å². The molecule has 1 unspecified atom stereocenters. The zero-order valence-electron chi connectivity index (χ0n) is 15.5. The van der Waals surface area contributed by atoms with Crippen LogP contribution < -0.4 is 0 Å². The lowest BCUT2D eigenvalue weighted by atomic mass is 9.73. The lowest BCUT2D eigenvalue weighted by molar-refractivity contribution is -0.139. The van der Waals surface area contributed by atoms with Crippen molar-refractivity contribution in [3.63, 3.8) is 0 Å². The minimum atomic E-state index is 0.295. The van der Waals surface area contributed by atoms with Crippen LogP contribution in [-0.4, -0.2) is 67.1 Å². The first kappa shape index (κ1) is 18.3. The number of nitrogens with zero attached hydrogens (tertiary/aromatic N) is 3. The van der Waals surface area contributed by atoms with E-state index >= 15 is 0 Å². The van der Waals surface area contributed by atoms with E-state index in [-0.39, 0.29) is 0 Å². The standard InChI is InChI=1S/C20H31N3O2/c1-25-15-5-13-22-12-4-9-20(16-22)10-7-19(24)23(17-20)14-8-18-6-2-3-11-21-18/h2-3,6,11H,4-5,7-10,12-17H2,1H3. The summed E-state index contributed by atoms with van der Waals surface area (Å²) in [4.78, 5) is 21.5. The minimum Gasteiger partial charge on any atom is -0.385 e. The number of methoxy groups -OCH3 is 1. The molecule has 3 heterocycles. The average molecular weight is 345 g/mol. The van der Waals surface area contributed by atoms with Gasteiger partial charge in [0.25, 0.3) is 0 Å². The first-order valence-corrected chi connectivity index (χ1v) is 9.60. The fourth-order valence-electron chi connectivity index (χ4n) is 4.37. The van der Waals surface area contributed by atoms with Gasteiger partial charge in [-0.1, -0.05) is 6.07 Å². The highest BCUT2D eigenvalue weighted by Gasteiger charge is 2.41. The van der Waals surface area contributed by atoms with Gasteiger partial charge in [0.1, 0.15) is 0 Å². The second-order valence-corrected chi connectivity index (χ2v) is 7.61.